The van der Waals surface area contributed by atoms with Gasteiger partial charge in [-0.05, 0) is 43.2 Å². The lowest BCUT2D eigenvalue weighted by Gasteiger charge is -2.23. The molecule has 0 spiro atoms. The molecule has 2 amide bonds. The van der Waals surface area contributed by atoms with Gasteiger partial charge in [0, 0.05) is 23.2 Å². The minimum Gasteiger partial charge on any atom is -0.288 e. The molecule has 0 radical (unpaired) electrons. The van der Waals surface area contributed by atoms with E-state index in [1.807, 2.05) is 0 Å². The van der Waals surface area contributed by atoms with Gasteiger partial charge in [0.25, 0.3) is 11.8 Å². The van der Waals surface area contributed by atoms with Gasteiger partial charge in [-0.1, -0.05) is 17.7 Å². The molecule has 1 saturated carbocycles. The van der Waals surface area contributed by atoms with Crippen LogP contribution in [0.2, 0.25) is 5.02 Å². The summed E-state index contributed by atoms with van der Waals surface area (Å²) >= 11 is 6.05. The molecule has 6 nitrogen and oxygen atoms in total. The number of nitrogens with zero attached hydrogens (tertiary/aromatic N) is 1. The molecule has 0 atom stereocenters. The van der Waals surface area contributed by atoms with Crippen molar-refractivity contribution in [3.05, 3.63) is 63.9 Å². The number of nitrogens with one attached hydrogen (secondary N) is 1. The molecule has 1 N–H and O–H groups in total. The maximum Gasteiger partial charge on any atom is 0.258 e. The predicted octanol–water partition coefficient (Wildman–Crippen LogP) is 2.72. The molecule has 140 valence electrons. The largest absolute Gasteiger partial charge is 0.288 e. The number of benzene rings is 2. The van der Waals surface area contributed by atoms with Crippen LogP contribution in [-0.4, -0.2) is 30.6 Å². The van der Waals surface area contributed by atoms with Crippen LogP contribution in [0.4, 0.5) is 4.39 Å². The Morgan fingerprint density at radius 2 is 1.81 bits per heavy atom. The summed E-state index contributed by atoms with van der Waals surface area (Å²) < 4.78 is 41.7. The predicted molar refractivity (Wildman–Crippen MR) is 95.4 cm³/mol. The number of halogens is 2. The number of rotatable bonds is 5. The molecule has 0 saturated heterocycles. The molecule has 2 aliphatic rings. The third-order valence-electron chi connectivity index (χ3n) is 4.64. The van der Waals surface area contributed by atoms with Crippen molar-refractivity contribution in [2.45, 2.75) is 30.3 Å². The highest BCUT2D eigenvalue weighted by Gasteiger charge is 2.40. The van der Waals surface area contributed by atoms with Gasteiger partial charge in [0.2, 0.25) is 10.0 Å². The number of carbonyl (C=O) groups excluding carboxylic acids is 2. The molecule has 0 unspecified atom stereocenters. The summed E-state index contributed by atoms with van der Waals surface area (Å²) in [6.07, 6.45) is 1.32. The number of imide groups is 1. The van der Waals surface area contributed by atoms with Crippen LogP contribution in [0, 0.1) is 5.82 Å². The fraction of sp³-hybridized carbons (Fsp3) is 0.222. The minimum absolute atomic E-state index is 0.0146. The molecule has 1 fully saturated rings. The standard InChI is InChI=1S/C18H14ClFN2O4S/c19-15-2-1-3-16(20)14(15)9-22(10-4-5-10)27(25,26)11-6-7-12-13(8-11)18(24)21-17(12)23/h1-3,6-8,10H,4-5,9H2,(H,21,23,24). The monoisotopic (exact) mass is 408 g/mol. The summed E-state index contributed by atoms with van der Waals surface area (Å²) in [6, 6.07) is 7.70. The Balaban J connectivity index is 1.74. The lowest BCUT2D eigenvalue weighted by atomic mass is 10.1. The van der Waals surface area contributed by atoms with E-state index in [-0.39, 0.29) is 39.2 Å². The fourth-order valence-corrected chi connectivity index (χ4v) is 4.96. The fourth-order valence-electron chi connectivity index (χ4n) is 3.05. The molecule has 0 aromatic heterocycles. The zero-order valence-corrected chi connectivity index (χ0v) is 15.5. The van der Waals surface area contributed by atoms with Crippen LogP contribution in [-0.2, 0) is 16.6 Å². The van der Waals surface area contributed by atoms with Crippen molar-refractivity contribution in [2.75, 3.05) is 0 Å². The van der Waals surface area contributed by atoms with Crippen LogP contribution >= 0.6 is 11.6 Å². The van der Waals surface area contributed by atoms with Crippen molar-refractivity contribution >= 4 is 33.4 Å². The smallest absolute Gasteiger partial charge is 0.258 e. The van der Waals surface area contributed by atoms with E-state index in [1.165, 1.54) is 40.7 Å². The first-order valence-electron chi connectivity index (χ1n) is 8.23. The van der Waals surface area contributed by atoms with Gasteiger partial charge < -0.3 is 0 Å². The number of carbonyl (C=O) groups is 2. The van der Waals surface area contributed by atoms with Gasteiger partial charge in [0.1, 0.15) is 5.82 Å². The second kappa shape index (κ2) is 6.40. The third kappa shape index (κ3) is 3.13. The number of hydrogen-bond acceptors (Lipinski definition) is 4. The summed E-state index contributed by atoms with van der Waals surface area (Å²) in [5.41, 5.74) is 0.249. The molecular formula is C18H14ClFN2O4S. The average Bonchev–Trinajstić information content (AvgIpc) is 3.41. The Bertz CT molecular complexity index is 1060. The normalized spacial score (nSPS) is 16.6. The molecule has 2 aromatic rings. The molecule has 1 aliphatic heterocycles. The van der Waals surface area contributed by atoms with Crippen LogP contribution < -0.4 is 5.32 Å². The lowest BCUT2D eigenvalue weighted by molar-refractivity contribution is 0.0879. The van der Waals surface area contributed by atoms with E-state index in [2.05, 4.69) is 5.32 Å². The highest BCUT2D eigenvalue weighted by atomic mass is 35.5. The number of sulfonamides is 1. The summed E-state index contributed by atoms with van der Waals surface area (Å²) in [6.45, 7) is -0.208. The first kappa shape index (κ1) is 18.1. The van der Waals surface area contributed by atoms with E-state index < -0.39 is 27.7 Å². The topological polar surface area (TPSA) is 83.5 Å². The molecule has 4 rings (SSSR count). The quantitative estimate of drug-likeness (QED) is 0.771. The van der Waals surface area contributed by atoms with Crippen LogP contribution in [0.1, 0.15) is 39.1 Å². The maximum absolute atomic E-state index is 14.2. The summed E-state index contributed by atoms with van der Waals surface area (Å²) in [5, 5.41) is 2.27. The van der Waals surface area contributed by atoms with E-state index in [0.29, 0.717) is 12.8 Å². The van der Waals surface area contributed by atoms with Crippen molar-refractivity contribution in [1.29, 1.82) is 0 Å². The van der Waals surface area contributed by atoms with Crippen LogP contribution in [0.3, 0.4) is 0 Å². The van der Waals surface area contributed by atoms with Crippen molar-refractivity contribution < 1.29 is 22.4 Å². The van der Waals surface area contributed by atoms with Crippen molar-refractivity contribution in [2.24, 2.45) is 0 Å². The summed E-state index contributed by atoms with van der Waals surface area (Å²) in [4.78, 5) is 23.4. The number of amides is 2. The van der Waals surface area contributed by atoms with Crippen molar-refractivity contribution in [3.63, 3.8) is 0 Å². The van der Waals surface area contributed by atoms with Crippen molar-refractivity contribution in [3.8, 4) is 0 Å². The van der Waals surface area contributed by atoms with Gasteiger partial charge in [-0.25, -0.2) is 12.8 Å². The van der Waals surface area contributed by atoms with E-state index in [0.717, 1.165) is 0 Å². The Kier molecular flexibility index (Phi) is 4.29. The summed E-state index contributed by atoms with van der Waals surface area (Å²) in [5.74, 6) is -1.78. The highest BCUT2D eigenvalue weighted by Crippen LogP contribution is 2.35. The number of hydrogen-bond donors (Lipinski definition) is 1. The first-order chi connectivity index (χ1) is 12.8. The lowest BCUT2D eigenvalue weighted by Crippen LogP contribution is -2.33. The van der Waals surface area contributed by atoms with E-state index >= 15 is 0 Å². The molecule has 0 bridgehead atoms. The molecule has 1 aliphatic carbocycles. The zero-order chi connectivity index (χ0) is 19.3. The van der Waals surface area contributed by atoms with Crippen LogP contribution in [0.15, 0.2) is 41.3 Å². The zero-order valence-electron chi connectivity index (χ0n) is 13.9. The van der Waals surface area contributed by atoms with Crippen LogP contribution in [0.5, 0.6) is 0 Å². The molecule has 2 aromatic carbocycles. The van der Waals surface area contributed by atoms with Gasteiger partial charge in [-0.15, -0.1) is 0 Å². The van der Waals surface area contributed by atoms with Gasteiger partial charge in [-0.3, -0.25) is 14.9 Å². The van der Waals surface area contributed by atoms with Gasteiger partial charge in [-0.2, -0.15) is 4.31 Å². The maximum atomic E-state index is 14.2. The number of fused-ring (bicyclic) bond motifs is 1. The second-order valence-corrected chi connectivity index (χ2v) is 8.77. The molecule has 9 heteroatoms. The Hall–Kier alpha value is -2.29. The van der Waals surface area contributed by atoms with E-state index in [4.69, 9.17) is 11.6 Å². The van der Waals surface area contributed by atoms with Crippen molar-refractivity contribution in [1.82, 2.24) is 9.62 Å². The Labute approximate surface area is 160 Å². The highest BCUT2D eigenvalue weighted by molar-refractivity contribution is 7.89. The summed E-state index contributed by atoms with van der Waals surface area (Å²) in [7, 11) is -4.02. The van der Waals surface area contributed by atoms with Gasteiger partial charge in [0.05, 0.1) is 16.0 Å². The van der Waals surface area contributed by atoms with Gasteiger partial charge >= 0.3 is 0 Å². The van der Waals surface area contributed by atoms with E-state index in [9.17, 15) is 22.4 Å². The SMILES string of the molecule is O=C1NC(=O)c2cc(S(=O)(=O)N(Cc3c(F)cccc3Cl)C3CC3)ccc21. The van der Waals surface area contributed by atoms with E-state index in [1.54, 1.807) is 0 Å². The molecular weight excluding hydrogens is 395 g/mol. The molecule has 1 heterocycles. The second-order valence-electron chi connectivity index (χ2n) is 6.47. The Morgan fingerprint density at radius 1 is 1.11 bits per heavy atom. The average molecular weight is 409 g/mol. The minimum atomic E-state index is -4.02. The van der Waals surface area contributed by atoms with Gasteiger partial charge in [0.15, 0.2) is 0 Å². The third-order valence-corrected chi connectivity index (χ3v) is 6.89. The molecule has 27 heavy (non-hydrogen) atoms. The van der Waals surface area contributed by atoms with Crippen LogP contribution in [0.25, 0.3) is 0 Å². The Morgan fingerprint density at radius 3 is 2.48 bits per heavy atom. The first-order valence-corrected chi connectivity index (χ1v) is 10.1.